The highest BCUT2D eigenvalue weighted by Crippen LogP contribution is 2.47. The van der Waals surface area contributed by atoms with E-state index in [9.17, 15) is 9.59 Å². The average molecular weight is 535 g/mol. The first-order valence-electron chi connectivity index (χ1n) is 11.5. The fraction of sp³-hybridized carbons (Fsp3) is 0.417. The van der Waals surface area contributed by atoms with Crippen molar-refractivity contribution in [3.8, 4) is 11.5 Å². The molecule has 3 amide bonds. The van der Waals surface area contributed by atoms with E-state index in [1.165, 1.54) is 30.1 Å². The van der Waals surface area contributed by atoms with Crippen molar-refractivity contribution in [3.05, 3.63) is 40.5 Å². The summed E-state index contributed by atoms with van der Waals surface area (Å²) in [5.41, 5.74) is 0.985. The molecule has 1 aliphatic carbocycles. The summed E-state index contributed by atoms with van der Waals surface area (Å²) in [6, 6.07) is 1.09. The number of methoxy groups -OCH3 is 2. The van der Waals surface area contributed by atoms with Crippen molar-refractivity contribution in [1.29, 1.82) is 0 Å². The van der Waals surface area contributed by atoms with E-state index < -0.39 is 0 Å². The van der Waals surface area contributed by atoms with Gasteiger partial charge in [-0.05, 0) is 18.9 Å². The predicted octanol–water partition coefficient (Wildman–Crippen LogP) is 4.40. The zero-order valence-corrected chi connectivity index (χ0v) is 21.8. The third-order valence-corrected chi connectivity index (χ3v) is 7.15. The summed E-state index contributed by atoms with van der Waals surface area (Å²) in [6.45, 7) is 3.68. The lowest BCUT2D eigenvalue weighted by Gasteiger charge is -2.36. The van der Waals surface area contributed by atoms with Gasteiger partial charge in [-0.25, -0.2) is 9.78 Å². The molecule has 0 spiro atoms. The van der Waals surface area contributed by atoms with E-state index in [0.717, 1.165) is 25.7 Å². The van der Waals surface area contributed by atoms with Crippen molar-refractivity contribution in [1.82, 2.24) is 15.3 Å². The van der Waals surface area contributed by atoms with Gasteiger partial charge in [0.05, 0.1) is 26.5 Å². The van der Waals surface area contributed by atoms with Gasteiger partial charge in [-0.15, -0.1) is 0 Å². The number of carbonyl (C=O) groups is 2. The third kappa shape index (κ3) is 4.87. The monoisotopic (exact) mass is 534 g/mol. The molecule has 2 heterocycles. The number of benzene rings is 1. The molecule has 1 fully saturated rings. The van der Waals surface area contributed by atoms with E-state index in [2.05, 4.69) is 27.2 Å². The van der Waals surface area contributed by atoms with Crippen LogP contribution in [0.4, 0.5) is 22.2 Å². The maximum Gasteiger partial charge on any atom is 0.330 e. The van der Waals surface area contributed by atoms with Gasteiger partial charge in [-0.2, -0.15) is 4.98 Å². The van der Waals surface area contributed by atoms with E-state index in [1.54, 1.807) is 19.3 Å². The first kappa shape index (κ1) is 25.8. The zero-order chi connectivity index (χ0) is 26.0. The summed E-state index contributed by atoms with van der Waals surface area (Å²) in [7, 11) is 4.57. The maximum absolute atomic E-state index is 13.4. The molecule has 0 radical (unpaired) electrons. The SMILES string of the molecule is C=CC(=O)N[C@@H]1CCCC[C@@H]1Nc1ncc2c(n1)N(C)C(=O)N(c1c(Cl)c(OC)cc(OC)c1Cl)C2. The Labute approximate surface area is 219 Å². The highest BCUT2D eigenvalue weighted by Gasteiger charge is 2.35. The standard InChI is InChI=1S/C24H28Cl2N6O4/c1-5-18(33)28-14-8-6-7-9-15(14)29-23-27-11-13-12-32(24(34)31(2)22(13)30-23)21-19(25)16(35-3)10-17(36-4)20(21)26/h5,10-11,14-15H,1,6-9,12H2,2-4H3,(H,28,33)(H,27,29,30)/t14-,15+/m1/s1. The number of anilines is 3. The van der Waals surface area contributed by atoms with Crippen molar-refractivity contribution >= 4 is 52.6 Å². The Balaban J connectivity index is 1.62. The molecule has 0 bridgehead atoms. The zero-order valence-electron chi connectivity index (χ0n) is 20.3. The fourth-order valence-corrected chi connectivity index (χ4v) is 5.25. The van der Waals surface area contributed by atoms with Crippen LogP contribution in [0.25, 0.3) is 0 Å². The molecule has 192 valence electrons. The first-order chi connectivity index (χ1) is 17.3. The molecule has 1 aromatic heterocycles. The minimum atomic E-state index is -0.375. The van der Waals surface area contributed by atoms with E-state index >= 15 is 0 Å². The number of amides is 3. The van der Waals surface area contributed by atoms with Gasteiger partial charge in [-0.1, -0.05) is 42.6 Å². The lowest BCUT2D eigenvalue weighted by atomic mass is 9.90. The number of urea groups is 1. The summed E-state index contributed by atoms with van der Waals surface area (Å²) in [4.78, 5) is 37.2. The highest BCUT2D eigenvalue weighted by molar-refractivity contribution is 6.42. The second-order valence-corrected chi connectivity index (χ2v) is 9.34. The minimum Gasteiger partial charge on any atom is -0.495 e. The quantitative estimate of drug-likeness (QED) is 0.506. The van der Waals surface area contributed by atoms with Crippen LogP contribution in [-0.2, 0) is 11.3 Å². The van der Waals surface area contributed by atoms with Crippen molar-refractivity contribution in [3.63, 3.8) is 0 Å². The molecule has 10 nitrogen and oxygen atoms in total. The van der Waals surface area contributed by atoms with Gasteiger partial charge in [0.15, 0.2) is 0 Å². The Morgan fingerprint density at radius 2 is 1.81 bits per heavy atom. The molecule has 36 heavy (non-hydrogen) atoms. The van der Waals surface area contributed by atoms with Crippen LogP contribution in [0.1, 0.15) is 31.2 Å². The van der Waals surface area contributed by atoms with Crippen LogP contribution in [-0.4, -0.2) is 55.3 Å². The lowest BCUT2D eigenvalue weighted by Crippen LogP contribution is -2.48. The summed E-state index contributed by atoms with van der Waals surface area (Å²) in [5, 5.41) is 6.70. The largest absolute Gasteiger partial charge is 0.495 e. The summed E-state index contributed by atoms with van der Waals surface area (Å²) >= 11 is 13.1. The Morgan fingerprint density at radius 1 is 1.17 bits per heavy atom. The normalized spacial score (nSPS) is 19.4. The van der Waals surface area contributed by atoms with Gasteiger partial charge in [0.1, 0.15) is 27.4 Å². The molecule has 2 atom stereocenters. The third-order valence-electron chi connectivity index (χ3n) is 6.42. The predicted molar refractivity (Wildman–Crippen MR) is 140 cm³/mol. The number of aromatic nitrogens is 2. The van der Waals surface area contributed by atoms with Crippen molar-refractivity contribution in [2.75, 3.05) is 36.4 Å². The second kappa shape index (κ2) is 10.8. The Hall–Kier alpha value is -3.24. The summed E-state index contributed by atoms with van der Waals surface area (Å²) in [6.07, 6.45) is 6.70. The van der Waals surface area contributed by atoms with Crippen LogP contribution in [0.3, 0.4) is 0 Å². The van der Waals surface area contributed by atoms with Crippen LogP contribution in [0.5, 0.6) is 11.5 Å². The average Bonchev–Trinajstić information content (AvgIpc) is 2.88. The number of rotatable bonds is 7. The van der Waals surface area contributed by atoms with Crippen molar-refractivity contribution in [2.24, 2.45) is 0 Å². The molecule has 2 N–H and O–H groups in total. The number of carbonyl (C=O) groups excluding carboxylic acids is 2. The van der Waals surface area contributed by atoms with Crippen LogP contribution in [0.15, 0.2) is 24.9 Å². The smallest absolute Gasteiger partial charge is 0.330 e. The molecule has 1 aromatic carbocycles. The van der Waals surface area contributed by atoms with E-state index in [4.69, 9.17) is 32.7 Å². The number of fused-ring (bicyclic) bond motifs is 1. The van der Waals surface area contributed by atoms with Gasteiger partial charge >= 0.3 is 6.03 Å². The Morgan fingerprint density at radius 3 is 2.42 bits per heavy atom. The van der Waals surface area contributed by atoms with Crippen LogP contribution in [0.2, 0.25) is 10.0 Å². The summed E-state index contributed by atoms with van der Waals surface area (Å²) < 4.78 is 10.7. The molecule has 12 heteroatoms. The van der Waals surface area contributed by atoms with E-state index in [0.29, 0.717) is 28.8 Å². The molecule has 4 rings (SSSR count). The summed E-state index contributed by atoms with van der Waals surface area (Å²) in [5.74, 6) is 1.30. The molecule has 0 unspecified atom stereocenters. The molecular weight excluding hydrogens is 507 g/mol. The highest BCUT2D eigenvalue weighted by atomic mass is 35.5. The number of hydrogen-bond acceptors (Lipinski definition) is 7. The molecular formula is C24H28Cl2N6O4. The van der Waals surface area contributed by atoms with Gasteiger partial charge in [-0.3, -0.25) is 14.6 Å². The number of ether oxygens (including phenoxy) is 2. The Kier molecular flexibility index (Phi) is 7.75. The van der Waals surface area contributed by atoms with Crippen LogP contribution in [0, 0.1) is 0 Å². The number of nitrogens with zero attached hydrogens (tertiary/aromatic N) is 4. The number of nitrogens with one attached hydrogen (secondary N) is 2. The molecule has 1 aliphatic heterocycles. The molecule has 2 aromatic rings. The first-order valence-corrected chi connectivity index (χ1v) is 12.2. The number of hydrogen-bond donors (Lipinski definition) is 2. The maximum atomic E-state index is 13.4. The van der Waals surface area contributed by atoms with Gasteiger partial charge in [0.2, 0.25) is 11.9 Å². The van der Waals surface area contributed by atoms with Gasteiger partial charge < -0.3 is 20.1 Å². The molecule has 2 aliphatic rings. The van der Waals surface area contributed by atoms with E-state index in [1.807, 2.05) is 0 Å². The molecule has 1 saturated carbocycles. The topological polar surface area (TPSA) is 109 Å². The molecule has 0 saturated heterocycles. The van der Waals surface area contributed by atoms with Crippen molar-refractivity contribution < 1.29 is 19.1 Å². The number of halogens is 2. The van der Waals surface area contributed by atoms with Crippen molar-refractivity contribution in [2.45, 2.75) is 44.3 Å². The lowest BCUT2D eigenvalue weighted by molar-refractivity contribution is -0.117. The van der Waals surface area contributed by atoms with E-state index in [-0.39, 0.29) is 46.3 Å². The minimum absolute atomic E-state index is 0.0383. The Bertz CT molecular complexity index is 1170. The van der Waals surface area contributed by atoms with Gasteiger partial charge in [0, 0.05) is 37.0 Å². The van der Waals surface area contributed by atoms with Crippen LogP contribution < -0.4 is 29.9 Å². The van der Waals surface area contributed by atoms with Gasteiger partial charge in [0.25, 0.3) is 0 Å². The van der Waals surface area contributed by atoms with Crippen LogP contribution >= 0.6 is 23.2 Å². The fourth-order valence-electron chi connectivity index (χ4n) is 4.55. The second-order valence-electron chi connectivity index (χ2n) is 8.58.